The standard InChI is InChI=1S/C11H16N8O3/c12-9-7-10(16-2-15-9)19(4-17-7)11-8(21)6(14-3-18-13)5(1-20)22-11/h2-6,8,11,20-21H,1,13H2,(H,14,18)(H2,12,15,16)/t5-,6?,8-,11-/m1/s1. The van der Waals surface area contributed by atoms with Crippen molar-refractivity contribution < 1.29 is 14.9 Å². The molecule has 0 amide bonds. The van der Waals surface area contributed by atoms with Crippen molar-refractivity contribution >= 4 is 23.3 Å². The van der Waals surface area contributed by atoms with E-state index in [1.165, 1.54) is 23.6 Å². The minimum absolute atomic E-state index is 0.233. The Balaban J connectivity index is 1.97. The highest BCUT2D eigenvalue weighted by molar-refractivity contribution is 5.81. The average molecular weight is 308 g/mol. The summed E-state index contributed by atoms with van der Waals surface area (Å²) in [6.07, 6.45) is 1.47. The van der Waals surface area contributed by atoms with Crippen molar-refractivity contribution in [1.82, 2.24) is 24.9 Å². The molecule has 1 saturated heterocycles. The number of aromatic nitrogens is 4. The molecule has 0 saturated carbocycles. The quantitative estimate of drug-likeness (QED) is 0.177. The first kappa shape index (κ1) is 14.6. The number of aliphatic hydroxyl groups is 2. The maximum absolute atomic E-state index is 10.4. The molecule has 2 aromatic rings. The molecule has 0 spiro atoms. The number of nitrogens with two attached hydrogens (primary N) is 2. The second-order valence-electron chi connectivity index (χ2n) is 4.76. The van der Waals surface area contributed by atoms with Crippen LogP contribution in [0.5, 0.6) is 0 Å². The molecule has 1 fully saturated rings. The molecule has 7 N–H and O–H groups in total. The molecule has 0 radical (unpaired) electrons. The zero-order chi connectivity index (χ0) is 15.7. The van der Waals surface area contributed by atoms with Crippen LogP contribution in [0, 0.1) is 0 Å². The van der Waals surface area contributed by atoms with Crippen LogP contribution in [0.1, 0.15) is 6.23 Å². The number of aliphatic hydroxyl groups excluding tert-OH is 2. The molecular weight excluding hydrogens is 292 g/mol. The number of ether oxygens (including phenoxy) is 1. The van der Waals surface area contributed by atoms with Gasteiger partial charge in [-0.05, 0) is 0 Å². The first-order valence-corrected chi connectivity index (χ1v) is 6.52. The fourth-order valence-electron chi connectivity index (χ4n) is 2.48. The lowest BCUT2D eigenvalue weighted by atomic mass is 10.1. The van der Waals surface area contributed by atoms with Gasteiger partial charge in [-0.3, -0.25) is 9.56 Å². The Bertz CT molecular complexity index is 689. The van der Waals surface area contributed by atoms with Crippen LogP contribution in [0.2, 0.25) is 0 Å². The Morgan fingerprint density at radius 1 is 1.45 bits per heavy atom. The molecule has 0 bridgehead atoms. The minimum atomic E-state index is -1.02. The summed E-state index contributed by atoms with van der Waals surface area (Å²) < 4.78 is 7.20. The van der Waals surface area contributed by atoms with Gasteiger partial charge in [0.25, 0.3) is 0 Å². The van der Waals surface area contributed by atoms with E-state index in [0.717, 1.165) is 0 Å². The molecule has 118 valence electrons. The number of nitrogen functional groups attached to an aromatic ring is 1. The lowest BCUT2D eigenvalue weighted by Crippen LogP contribution is -2.33. The highest BCUT2D eigenvalue weighted by Gasteiger charge is 2.44. The van der Waals surface area contributed by atoms with Crippen molar-refractivity contribution in [2.24, 2.45) is 10.8 Å². The molecule has 3 rings (SSSR count). The SMILES string of the molecule is NNC=NC1[C@@H](O)[C@H](n2cnc3c(N)ncnc32)O[C@@H]1CO. The summed E-state index contributed by atoms with van der Waals surface area (Å²) in [6.45, 7) is -0.302. The van der Waals surface area contributed by atoms with Gasteiger partial charge in [0.1, 0.15) is 30.1 Å². The second-order valence-corrected chi connectivity index (χ2v) is 4.76. The van der Waals surface area contributed by atoms with Gasteiger partial charge < -0.3 is 26.1 Å². The third-order valence-corrected chi connectivity index (χ3v) is 3.50. The van der Waals surface area contributed by atoms with Crippen LogP contribution in [0.4, 0.5) is 5.82 Å². The summed E-state index contributed by atoms with van der Waals surface area (Å²) in [5.74, 6) is 5.36. The highest BCUT2D eigenvalue weighted by Crippen LogP contribution is 2.33. The molecular formula is C11H16N8O3. The van der Waals surface area contributed by atoms with Gasteiger partial charge in [0.05, 0.1) is 19.3 Å². The van der Waals surface area contributed by atoms with Gasteiger partial charge in [-0.25, -0.2) is 20.8 Å². The molecule has 3 heterocycles. The average Bonchev–Trinajstić information content (AvgIpc) is 3.07. The molecule has 11 heteroatoms. The number of imidazole rings is 1. The van der Waals surface area contributed by atoms with E-state index in [2.05, 4.69) is 25.4 Å². The zero-order valence-corrected chi connectivity index (χ0v) is 11.4. The summed E-state index contributed by atoms with van der Waals surface area (Å²) in [7, 11) is 0. The van der Waals surface area contributed by atoms with Crippen molar-refractivity contribution in [3.8, 4) is 0 Å². The Morgan fingerprint density at radius 3 is 3.00 bits per heavy atom. The monoisotopic (exact) mass is 308 g/mol. The van der Waals surface area contributed by atoms with Crippen LogP contribution in [0.3, 0.4) is 0 Å². The summed E-state index contributed by atoms with van der Waals surface area (Å²) >= 11 is 0. The van der Waals surface area contributed by atoms with Crippen LogP contribution < -0.4 is 17.0 Å². The van der Waals surface area contributed by atoms with Gasteiger partial charge in [-0.2, -0.15) is 0 Å². The van der Waals surface area contributed by atoms with E-state index in [9.17, 15) is 10.2 Å². The smallest absolute Gasteiger partial charge is 0.167 e. The largest absolute Gasteiger partial charge is 0.394 e. The first-order chi connectivity index (χ1) is 10.7. The number of hydrogen-bond donors (Lipinski definition) is 5. The van der Waals surface area contributed by atoms with Crippen molar-refractivity contribution in [1.29, 1.82) is 0 Å². The van der Waals surface area contributed by atoms with Gasteiger partial charge >= 0.3 is 0 Å². The molecule has 1 aliphatic rings. The number of nitrogens with zero attached hydrogens (tertiary/aromatic N) is 5. The molecule has 4 atom stereocenters. The summed E-state index contributed by atoms with van der Waals surface area (Å²) in [5, 5.41) is 19.8. The predicted molar refractivity (Wildman–Crippen MR) is 76.3 cm³/mol. The maximum atomic E-state index is 10.4. The first-order valence-electron chi connectivity index (χ1n) is 6.52. The normalized spacial score (nSPS) is 28.7. The van der Waals surface area contributed by atoms with Crippen LogP contribution in [-0.4, -0.2) is 60.9 Å². The number of fused-ring (bicyclic) bond motifs is 1. The zero-order valence-electron chi connectivity index (χ0n) is 11.4. The third-order valence-electron chi connectivity index (χ3n) is 3.50. The number of aliphatic imine (C=N–C) groups is 1. The number of hydrogen-bond acceptors (Lipinski definition) is 9. The lowest BCUT2D eigenvalue weighted by molar-refractivity contribution is -0.0488. The summed E-state index contributed by atoms with van der Waals surface area (Å²) in [4.78, 5) is 16.1. The Labute approximate surface area is 124 Å². The van der Waals surface area contributed by atoms with Crippen molar-refractivity contribution in [3.63, 3.8) is 0 Å². The van der Waals surface area contributed by atoms with Gasteiger partial charge in [0.2, 0.25) is 0 Å². The van der Waals surface area contributed by atoms with E-state index in [1.807, 2.05) is 0 Å². The molecule has 0 aromatic carbocycles. The number of rotatable bonds is 4. The Kier molecular flexibility index (Phi) is 3.85. The molecule has 1 aliphatic heterocycles. The molecule has 22 heavy (non-hydrogen) atoms. The molecule has 0 aliphatic carbocycles. The van der Waals surface area contributed by atoms with Gasteiger partial charge in [0, 0.05) is 0 Å². The van der Waals surface area contributed by atoms with E-state index in [0.29, 0.717) is 11.2 Å². The Morgan fingerprint density at radius 2 is 2.27 bits per heavy atom. The highest BCUT2D eigenvalue weighted by atomic mass is 16.5. The van der Waals surface area contributed by atoms with Gasteiger partial charge in [-0.15, -0.1) is 0 Å². The Hall–Kier alpha value is -2.34. The number of hydrazine groups is 1. The van der Waals surface area contributed by atoms with E-state index >= 15 is 0 Å². The van der Waals surface area contributed by atoms with E-state index < -0.39 is 24.5 Å². The third kappa shape index (κ3) is 2.25. The fourth-order valence-corrected chi connectivity index (χ4v) is 2.48. The minimum Gasteiger partial charge on any atom is -0.394 e. The van der Waals surface area contributed by atoms with E-state index in [-0.39, 0.29) is 12.4 Å². The van der Waals surface area contributed by atoms with Gasteiger partial charge in [-0.1, -0.05) is 0 Å². The van der Waals surface area contributed by atoms with Crippen LogP contribution >= 0.6 is 0 Å². The topological polar surface area (TPSA) is 170 Å². The van der Waals surface area contributed by atoms with Crippen molar-refractivity contribution in [3.05, 3.63) is 12.7 Å². The van der Waals surface area contributed by atoms with Crippen molar-refractivity contribution in [2.75, 3.05) is 12.3 Å². The van der Waals surface area contributed by atoms with Gasteiger partial charge in [0.15, 0.2) is 17.7 Å². The van der Waals surface area contributed by atoms with Crippen LogP contribution in [-0.2, 0) is 4.74 Å². The molecule has 1 unspecified atom stereocenters. The summed E-state index contributed by atoms with van der Waals surface area (Å²) in [5.41, 5.74) is 8.82. The van der Waals surface area contributed by atoms with Crippen molar-refractivity contribution in [2.45, 2.75) is 24.5 Å². The van der Waals surface area contributed by atoms with Crippen LogP contribution in [0.15, 0.2) is 17.6 Å². The summed E-state index contributed by atoms with van der Waals surface area (Å²) in [6, 6.07) is -0.678. The number of anilines is 1. The molecule has 2 aromatic heterocycles. The number of nitrogens with one attached hydrogen (secondary N) is 1. The lowest BCUT2D eigenvalue weighted by Gasteiger charge is -2.16. The fraction of sp³-hybridized carbons (Fsp3) is 0.455. The second kappa shape index (κ2) is 5.81. The van der Waals surface area contributed by atoms with E-state index in [4.69, 9.17) is 16.3 Å². The maximum Gasteiger partial charge on any atom is 0.167 e. The van der Waals surface area contributed by atoms with Crippen LogP contribution in [0.25, 0.3) is 11.2 Å². The predicted octanol–water partition coefficient (Wildman–Crippen LogP) is -2.48. The van der Waals surface area contributed by atoms with E-state index in [1.54, 1.807) is 0 Å². The molecule has 11 nitrogen and oxygen atoms in total.